The van der Waals surface area contributed by atoms with Gasteiger partial charge in [-0.25, -0.2) is 0 Å². The Hall–Kier alpha value is -2.67. The first-order valence-corrected chi connectivity index (χ1v) is 8.77. The molecular formula is C19H24N4O3. The fourth-order valence-corrected chi connectivity index (χ4v) is 3.20. The predicted octanol–water partition coefficient (Wildman–Crippen LogP) is 2.00. The Bertz CT molecular complexity index is 815. The lowest BCUT2D eigenvalue weighted by Crippen LogP contribution is -2.27. The van der Waals surface area contributed by atoms with Crippen molar-refractivity contribution in [2.24, 2.45) is 0 Å². The Kier molecular flexibility index (Phi) is 5.37. The van der Waals surface area contributed by atoms with Gasteiger partial charge in [0.1, 0.15) is 0 Å². The summed E-state index contributed by atoms with van der Waals surface area (Å²) in [6.07, 6.45) is 0.644. The van der Waals surface area contributed by atoms with Gasteiger partial charge in [-0.1, -0.05) is 24.3 Å². The number of amides is 2. The van der Waals surface area contributed by atoms with Gasteiger partial charge in [-0.05, 0) is 25.0 Å². The molecule has 0 saturated carbocycles. The second kappa shape index (κ2) is 7.70. The first-order chi connectivity index (χ1) is 12.4. The molecule has 1 aromatic carbocycles. The number of H-pyrrole nitrogens is 1. The number of carbonyl (C=O) groups excluding carboxylic acids is 2. The molecule has 0 saturated heterocycles. The van der Waals surface area contributed by atoms with Crippen molar-refractivity contribution in [2.45, 2.75) is 52.5 Å². The molecule has 26 heavy (non-hydrogen) atoms. The van der Waals surface area contributed by atoms with E-state index in [9.17, 15) is 9.59 Å². The molecule has 0 unspecified atom stereocenters. The summed E-state index contributed by atoms with van der Waals surface area (Å²) >= 11 is 0. The number of aromatic amines is 1. The third-order valence-corrected chi connectivity index (χ3v) is 4.43. The van der Waals surface area contributed by atoms with Gasteiger partial charge in [-0.2, -0.15) is 5.10 Å². The maximum absolute atomic E-state index is 12.6. The fraction of sp³-hybridized carbons (Fsp3) is 0.421. The molecule has 0 radical (unpaired) electrons. The van der Waals surface area contributed by atoms with Crippen molar-refractivity contribution in [3.63, 3.8) is 0 Å². The first kappa shape index (κ1) is 18.1. The summed E-state index contributed by atoms with van der Waals surface area (Å²) in [5.41, 5.74) is 4.22. The van der Waals surface area contributed by atoms with Gasteiger partial charge < -0.3 is 15.4 Å². The highest BCUT2D eigenvalue weighted by Gasteiger charge is 2.29. The molecule has 1 aromatic heterocycles. The van der Waals surface area contributed by atoms with Crippen molar-refractivity contribution < 1.29 is 14.3 Å². The topological polar surface area (TPSA) is 96.1 Å². The van der Waals surface area contributed by atoms with Crippen LogP contribution in [0.2, 0.25) is 0 Å². The van der Waals surface area contributed by atoms with E-state index in [1.165, 1.54) is 6.92 Å². The molecule has 2 amide bonds. The Morgan fingerprint density at radius 1 is 1.23 bits per heavy atom. The molecule has 3 rings (SSSR count). The van der Waals surface area contributed by atoms with Crippen molar-refractivity contribution in [2.75, 3.05) is 0 Å². The number of nitrogens with one attached hydrogen (secondary N) is 3. The van der Waals surface area contributed by atoms with Crippen LogP contribution >= 0.6 is 0 Å². The first-order valence-electron chi connectivity index (χ1n) is 8.77. The largest absolute Gasteiger partial charge is 0.369 e. The van der Waals surface area contributed by atoms with E-state index >= 15 is 0 Å². The Balaban J connectivity index is 1.65. The lowest BCUT2D eigenvalue weighted by Gasteiger charge is -2.25. The highest BCUT2D eigenvalue weighted by atomic mass is 16.5. The van der Waals surface area contributed by atoms with Crippen molar-refractivity contribution in [3.05, 3.63) is 52.3 Å². The van der Waals surface area contributed by atoms with Crippen molar-refractivity contribution in [1.29, 1.82) is 0 Å². The summed E-state index contributed by atoms with van der Waals surface area (Å²) in [7, 11) is 0. The van der Waals surface area contributed by atoms with Crippen LogP contribution in [0.3, 0.4) is 0 Å². The number of aromatic nitrogens is 2. The molecule has 1 aliphatic rings. The normalized spacial score (nSPS) is 18.9. The minimum atomic E-state index is -0.198. The van der Waals surface area contributed by atoms with Gasteiger partial charge in [0.25, 0.3) is 5.91 Å². The highest BCUT2D eigenvalue weighted by molar-refractivity contribution is 5.94. The van der Waals surface area contributed by atoms with Crippen LogP contribution in [0, 0.1) is 0 Å². The van der Waals surface area contributed by atoms with Crippen LogP contribution in [-0.4, -0.2) is 28.1 Å². The monoisotopic (exact) mass is 356 g/mol. The molecule has 7 nitrogen and oxygen atoms in total. The van der Waals surface area contributed by atoms with Crippen molar-refractivity contribution in [1.82, 2.24) is 20.8 Å². The van der Waals surface area contributed by atoms with Crippen LogP contribution in [0.25, 0.3) is 0 Å². The summed E-state index contributed by atoms with van der Waals surface area (Å²) in [5.74, 6) is -0.268. The van der Waals surface area contributed by atoms with Crippen LogP contribution in [0.15, 0.2) is 24.3 Å². The van der Waals surface area contributed by atoms with Crippen molar-refractivity contribution >= 4 is 11.8 Å². The summed E-state index contributed by atoms with van der Waals surface area (Å²) < 4.78 is 5.76. The van der Waals surface area contributed by atoms with E-state index in [-0.39, 0.29) is 24.0 Å². The molecular weight excluding hydrogens is 332 g/mol. The number of fused-ring (bicyclic) bond motifs is 1. The van der Waals surface area contributed by atoms with E-state index < -0.39 is 0 Å². The molecule has 2 heterocycles. The molecule has 1 aliphatic heterocycles. The van der Waals surface area contributed by atoms with Gasteiger partial charge >= 0.3 is 0 Å². The second-order valence-electron chi connectivity index (χ2n) is 6.67. The lowest BCUT2D eigenvalue weighted by molar-refractivity contribution is -0.119. The van der Waals surface area contributed by atoms with Gasteiger partial charge in [0.15, 0.2) is 5.69 Å². The van der Waals surface area contributed by atoms with E-state index in [1.807, 2.05) is 38.1 Å². The molecule has 0 aliphatic carbocycles. The Labute approximate surface area is 152 Å². The highest BCUT2D eigenvalue weighted by Crippen LogP contribution is 2.30. The average molecular weight is 356 g/mol. The van der Waals surface area contributed by atoms with Crippen LogP contribution in [0.4, 0.5) is 0 Å². The maximum Gasteiger partial charge on any atom is 0.272 e. The number of hydrogen-bond donors (Lipinski definition) is 3. The maximum atomic E-state index is 12.6. The van der Waals surface area contributed by atoms with Crippen LogP contribution in [0.1, 0.15) is 59.7 Å². The zero-order chi connectivity index (χ0) is 18.7. The number of benzene rings is 1. The zero-order valence-corrected chi connectivity index (χ0v) is 15.3. The number of hydrogen-bond acceptors (Lipinski definition) is 4. The summed E-state index contributed by atoms with van der Waals surface area (Å²) in [6.45, 7) is 6.31. The number of ether oxygens (including phenoxy) is 1. The minimum Gasteiger partial charge on any atom is -0.369 e. The number of rotatable bonds is 5. The molecule has 7 heteroatoms. The van der Waals surface area contributed by atoms with E-state index in [1.54, 1.807) is 0 Å². The minimum absolute atomic E-state index is 0.0621. The van der Waals surface area contributed by atoms with Crippen molar-refractivity contribution in [3.8, 4) is 0 Å². The van der Waals surface area contributed by atoms with Crippen LogP contribution in [-0.2, 0) is 29.0 Å². The van der Waals surface area contributed by atoms with E-state index in [4.69, 9.17) is 4.74 Å². The third-order valence-electron chi connectivity index (χ3n) is 4.43. The predicted molar refractivity (Wildman–Crippen MR) is 96.4 cm³/mol. The molecule has 0 bridgehead atoms. The third kappa shape index (κ3) is 4.11. The fourth-order valence-electron chi connectivity index (χ4n) is 3.20. The van der Waals surface area contributed by atoms with Gasteiger partial charge in [0.05, 0.1) is 17.9 Å². The average Bonchev–Trinajstić information content (AvgIpc) is 3.02. The van der Waals surface area contributed by atoms with E-state index in [2.05, 4.69) is 20.8 Å². The zero-order valence-electron chi connectivity index (χ0n) is 15.3. The number of nitrogens with zero attached hydrogens (tertiary/aromatic N) is 1. The summed E-state index contributed by atoms with van der Waals surface area (Å²) in [5, 5.41) is 12.8. The van der Waals surface area contributed by atoms with Gasteiger partial charge in [-0.15, -0.1) is 0 Å². The Morgan fingerprint density at radius 3 is 2.62 bits per heavy atom. The summed E-state index contributed by atoms with van der Waals surface area (Å²) in [4.78, 5) is 23.6. The molecule has 138 valence electrons. The number of carbonyl (C=O) groups is 2. The summed E-state index contributed by atoms with van der Waals surface area (Å²) in [6, 6.07) is 7.76. The lowest BCUT2D eigenvalue weighted by atomic mass is 9.99. The van der Waals surface area contributed by atoms with E-state index in [0.29, 0.717) is 25.2 Å². The van der Waals surface area contributed by atoms with Crippen LogP contribution < -0.4 is 10.6 Å². The standard InChI is InChI=1S/C19H24N4O3/c1-11-7-16-17(12(2)26-11)22-23-18(16)19(25)21-10-15-6-4-5-14(8-15)9-20-13(3)24/h4-6,8,11-12H,7,9-10H2,1-3H3,(H,20,24)(H,21,25)(H,22,23)/t11-,12+/m1/s1. The van der Waals surface area contributed by atoms with E-state index in [0.717, 1.165) is 22.4 Å². The molecule has 2 aromatic rings. The van der Waals surface area contributed by atoms with Crippen LogP contribution in [0.5, 0.6) is 0 Å². The molecule has 2 atom stereocenters. The SMILES string of the molecule is CC(=O)NCc1cccc(CNC(=O)c2n[nH]c3c2C[C@@H](C)O[C@H]3C)c1. The second-order valence-corrected chi connectivity index (χ2v) is 6.67. The quantitative estimate of drug-likeness (QED) is 0.763. The van der Waals surface area contributed by atoms with Gasteiger partial charge in [-0.3, -0.25) is 14.7 Å². The molecule has 3 N–H and O–H groups in total. The smallest absolute Gasteiger partial charge is 0.272 e. The Morgan fingerprint density at radius 2 is 1.92 bits per heavy atom. The van der Waals surface area contributed by atoms with Gasteiger partial charge in [0.2, 0.25) is 5.91 Å². The molecule has 0 spiro atoms. The van der Waals surface area contributed by atoms with Gasteiger partial charge in [0, 0.05) is 32.0 Å². The molecule has 0 fully saturated rings.